The van der Waals surface area contributed by atoms with Gasteiger partial charge in [-0.25, -0.2) is 9.97 Å². The summed E-state index contributed by atoms with van der Waals surface area (Å²) in [6, 6.07) is 0. The lowest BCUT2D eigenvalue weighted by Crippen LogP contribution is -2.37. The van der Waals surface area contributed by atoms with Gasteiger partial charge >= 0.3 is 0 Å². The molecule has 0 aliphatic rings. The molecule has 88 valence electrons. The van der Waals surface area contributed by atoms with Crippen LogP contribution in [0.15, 0.2) is 6.33 Å². The van der Waals surface area contributed by atoms with Gasteiger partial charge in [-0.1, -0.05) is 11.6 Å². The fourth-order valence-electron chi connectivity index (χ4n) is 1.43. The van der Waals surface area contributed by atoms with Crippen molar-refractivity contribution in [1.82, 2.24) is 9.97 Å². The average Bonchev–Trinajstić information content (AvgIpc) is 2.14. The molecule has 0 saturated heterocycles. The first kappa shape index (κ1) is 12.9. The molecule has 0 unspecified atom stereocenters. The number of carbonyl (C=O) groups excluding carboxylic acids is 1. The van der Waals surface area contributed by atoms with Gasteiger partial charge in [0, 0.05) is 13.6 Å². The van der Waals surface area contributed by atoms with E-state index in [2.05, 4.69) is 9.97 Å². The Labute approximate surface area is 99.1 Å². The maximum atomic E-state index is 10.9. The lowest BCUT2D eigenvalue weighted by molar-refractivity contribution is 0.0882. The second kappa shape index (κ2) is 4.76. The summed E-state index contributed by atoms with van der Waals surface area (Å²) in [4.78, 5) is 20.2. The summed E-state index contributed by atoms with van der Waals surface area (Å²) < 4.78 is 0. The third-order valence-corrected chi connectivity index (χ3v) is 2.22. The number of carbonyl (C=O) groups is 1. The first-order valence-corrected chi connectivity index (χ1v) is 5.12. The molecule has 0 fully saturated rings. The minimum atomic E-state index is -0.883. The van der Waals surface area contributed by atoms with Crippen LogP contribution in [0.5, 0.6) is 0 Å². The van der Waals surface area contributed by atoms with E-state index in [9.17, 15) is 9.90 Å². The van der Waals surface area contributed by atoms with Crippen molar-refractivity contribution in [2.24, 2.45) is 0 Å². The Hall–Kier alpha value is -1.20. The number of hydrogen-bond donors (Lipinski definition) is 1. The highest BCUT2D eigenvalue weighted by atomic mass is 35.5. The molecule has 0 saturated carbocycles. The zero-order chi connectivity index (χ0) is 12.3. The molecule has 16 heavy (non-hydrogen) atoms. The molecule has 1 N–H and O–H groups in total. The van der Waals surface area contributed by atoms with Gasteiger partial charge in [0.15, 0.2) is 6.29 Å². The van der Waals surface area contributed by atoms with Crippen LogP contribution in [0, 0.1) is 0 Å². The summed E-state index contributed by atoms with van der Waals surface area (Å²) in [5.74, 6) is 0.414. The van der Waals surface area contributed by atoms with Gasteiger partial charge in [-0.05, 0) is 13.8 Å². The van der Waals surface area contributed by atoms with Gasteiger partial charge in [-0.3, -0.25) is 4.79 Å². The van der Waals surface area contributed by atoms with Crippen LogP contribution in [0.1, 0.15) is 24.2 Å². The minimum absolute atomic E-state index is 0.114. The summed E-state index contributed by atoms with van der Waals surface area (Å²) >= 11 is 5.77. The summed E-state index contributed by atoms with van der Waals surface area (Å²) in [6.45, 7) is 3.68. The minimum Gasteiger partial charge on any atom is -0.389 e. The molecule has 1 aromatic heterocycles. The third kappa shape index (κ3) is 3.15. The lowest BCUT2D eigenvalue weighted by Gasteiger charge is -2.27. The molecule has 0 aliphatic heterocycles. The zero-order valence-corrected chi connectivity index (χ0v) is 10.2. The first-order valence-electron chi connectivity index (χ1n) is 4.74. The van der Waals surface area contributed by atoms with Gasteiger partial charge < -0.3 is 10.0 Å². The Morgan fingerprint density at radius 2 is 2.19 bits per heavy atom. The van der Waals surface area contributed by atoms with E-state index in [0.29, 0.717) is 18.6 Å². The van der Waals surface area contributed by atoms with Gasteiger partial charge in [0.2, 0.25) is 0 Å². The standard InChI is InChI=1S/C10H14ClN3O2/c1-10(2,16)5-14(3)9-7(4-15)8(11)12-6-13-9/h4,6,16H,5H2,1-3H3. The molecule has 1 aromatic rings. The molecule has 0 atom stereocenters. The van der Waals surface area contributed by atoms with Gasteiger partial charge in [-0.2, -0.15) is 0 Å². The van der Waals surface area contributed by atoms with Crippen molar-refractivity contribution in [3.8, 4) is 0 Å². The Balaban J connectivity index is 3.04. The van der Waals surface area contributed by atoms with Crippen LogP contribution in [0.25, 0.3) is 0 Å². The number of anilines is 1. The third-order valence-electron chi connectivity index (χ3n) is 1.92. The summed E-state index contributed by atoms with van der Waals surface area (Å²) in [5, 5.41) is 9.79. The predicted octanol–water partition coefficient (Wildman–Crippen LogP) is 1.15. The fraction of sp³-hybridized carbons (Fsp3) is 0.500. The average molecular weight is 244 g/mol. The van der Waals surface area contributed by atoms with Crippen LogP contribution in [0.4, 0.5) is 5.82 Å². The molecule has 1 heterocycles. The Kier molecular flexibility index (Phi) is 3.83. The monoisotopic (exact) mass is 243 g/mol. The van der Waals surface area contributed by atoms with E-state index in [1.165, 1.54) is 6.33 Å². The molecule has 0 radical (unpaired) electrons. The highest BCUT2D eigenvalue weighted by molar-refractivity contribution is 6.32. The summed E-state index contributed by atoms with van der Waals surface area (Å²) in [7, 11) is 1.73. The fourth-order valence-corrected chi connectivity index (χ4v) is 1.60. The topological polar surface area (TPSA) is 66.3 Å². The van der Waals surface area contributed by atoms with E-state index in [0.717, 1.165) is 0 Å². The van der Waals surface area contributed by atoms with Crippen LogP contribution in [0.2, 0.25) is 5.15 Å². The number of halogens is 1. The molecular weight excluding hydrogens is 230 g/mol. The van der Waals surface area contributed by atoms with Gasteiger partial charge in [0.05, 0.1) is 11.2 Å². The molecule has 0 aliphatic carbocycles. The maximum Gasteiger partial charge on any atom is 0.156 e. The molecule has 0 amide bonds. The van der Waals surface area contributed by atoms with Crippen molar-refractivity contribution in [1.29, 1.82) is 0 Å². The second-order valence-electron chi connectivity index (χ2n) is 4.19. The van der Waals surface area contributed by atoms with Crippen LogP contribution in [0.3, 0.4) is 0 Å². The first-order chi connectivity index (χ1) is 7.35. The lowest BCUT2D eigenvalue weighted by atomic mass is 10.1. The number of hydrogen-bond acceptors (Lipinski definition) is 5. The smallest absolute Gasteiger partial charge is 0.156 e. The number of rotatable bonds is 4. The van der Waals surface area contributed by atoms with E-state index in [-0.39, 0.29) is 10.7 Å². The molecule has 5 nitrogen and oxygen atoms in total. The van der Waals surface area contributed by atoms with Crippen LogP contribution in [-0.2, 0) is 0 Å². The molecule has 6 heteroatoms. The summed E-state index contributed by atoms with van der Waals surface area (Å²) in [5.41, 5.74) is -0.650. The van der Waals surface area contributed by atoms with Crippen molar-refractivity contribution in [3.63, 3.8) is 0 Å². The van der Waals surface area contributed by atoms with Crippen molar-refractivity contribution in [2.45, 2.75) is 19.4 Å². The SMILES string of the molecule is CN(CC(C)(C)O)c1ncnc(Cl)c1C=O. The van der Waals surface area contributed by atoms with Gasteiger partial charge in [-0.15, -0.1) is 0 Å². The summed E-state index contributed by atoms with van der Waals surface area (Å²) in [6.07, 6.45) is 1.89. The van der Waals surface area contributed by atoms with Crippen molar-refractivity contribution >= 4 is 23.7 Å². The normalized spacial score (nSPS) is 11.3. The van der Waals surface area contributed by atoms with E-state index in [1.54, 1.807) is 25.8 Å². The molecule has 0 spiro atoms. The zero-order valence-electron chi connectivity index (χ0n) is 9.44. The predicted molar refractivity (Wildman–Crippen MR) is 62.0 cm³/mol. The van der Waals surface area contributed by atoms with Crippen LogP contribution in [-0.4, -0.2) is 40.6 Å². The van der Waals surface area contributed by atoms with E-state index in [4.69, 9.17) is 11.6 Å². The Bertz CT molecular complexity index is 390. The van der Waals surface area contributed by atoms with Gasteiger partial charge in [0.1, 0.15) is 17.3 Å². The number of nitrogens with zero attached hydrogens (tertiary/aromatic N) is 3. The number of aliphatic hydroxyl groups is 1. The molecule has 0 aromatic carbocycles. The van der Waals surface area contributed by atoms with E-state index < -0.39 is 5.60 Å². The van der Waals surface area contributed by atoms with Crippen LogP contribution < -0.4 is 4.90 Å². The maximum absolute atomic E-state index is 10.9. The van der Waals surface area contributed by atoms with E-state index in [1.807, 2.05) is 0 Å². The van der Waals surface area contributed by atoms with Crippen LogP contribution >= 0.6 is 11.6 Å². The van der Waals surface area contributed by atoms with E-state index >= 15 is 0 Å². The number of likely N-dealkylation sites (N-methyl/N-ethyl adjacent to an activating group) is 1. The molecule has 1 rings (SSSR count). The Morgan fingerprint density at radius 1 is 1.56 bits per heavy atom. The highest BCUT2D eigenvalue weighted by Crippen LogP contribution is 2.21. The number of aromatic nitrogens is 2. The Morgan fingerprint density at radius 3 is 2.69 bits per heavy atom. The number of aldehydes is 1. The van der Waals surface area contributed by atoms with Crippen molar-refractivity contribution < 1.29 is 9.90 Å². The molecule has 0 bridgehead atoms. The highest BCUT2D eigenvalue weighted by Gasteiger charge is 2.20. The molecular formula is C10H14ClN3O2. The van der Waals surface area contributed by atoms with Crippen molar-refractivity contribution in [2.75, 3.05) is 18.5 Å². The quantitative estimate of drug-likeness (QED) is 0.635. The largest absolute Gasteiger partial charge is 0.389 e. The second-order valence-corrected chi connectivity index (χ2v) is 4.55. The van der Waals surface area contributed by atoms with Crippen molar-refractivity contribution in [3.05, 3.63) is 17.0 Å². The van der Waals surface area contributed by atoms with Gasteiger partial charge in [0.25, 0.3) is 0 Å².